The van der Waals surface area contributed by atoms with Crippen molar-refractivity contribution in [3.05, 3.63) is 86.3 Å². The number of alkyl halides is 3. The monoisotopic (exact) mass is 563 g/mol. The van der Waals surface area contributed by atoms with Gasteiger partial charge in [0.05, 0.1) is 17.9 Å². The summed E-state index contributed by atoms with van der Waals surface area (Å²) < 4.78 is 68.6. The molecule has 0 spiro atoms. The van der Waals surface area contributed by atoms with Gasteiger partial charge in [-0.05, 0) is 63.6 Å². The fraction of sp³-hybridized carbons (Fsp3) is 0.333. The molecule has 0 radical (unpaired) electrons. The largest absolute Gasteiger partial charge is 0.422 e. The Labute approximate surface area is 225 Å². The summed E-state index contributed by atoms with van der Waals surface area (Å²) in [6.45, 7) is 5.06. The van der Waals surface area contributed by atoms with Crippen molar-refractivity contribution in [1.29, 1.82) is 0 Å². The van der Waals surface area contributed by atoms with Crippen LogP contribution in [0.3, 0.4) is 0 Å². The third-order valence-corrected chi connectivity index (χ3v) is 6.48. The molecular formula is C27H26F5N5O3. The minimum atomic E-state index is -5.26. The molecule has 1 aliphatic rings. The van der Waals surface area contributed by atoms with Gasteiger partial charge in [-0.15, -0.1) is 0 Å². The van der Waals surface area contributed by atoms with E-state index < -0.39 is 46.4 Å². The highest BCUT2D eigenvalue weighted by atomic mass is 19.4. The van der Waals surface area contributed by atoms with Crippen LogP contribution in [0.25, 0.3) is 5.69 Å². The van der Waals surface area contributed by atoms with Crippen molar-refractivity contribution in [3.8, 4) is 5.69 Å². The zero-order chi connectivity index (χ0) is 29.5. The third kappa shape index (κ3) is 5.40. The van der Waals surface area contributed by atoms with Gasteiger partial charge in [-0.25, -0.2) is 18.3 Å². The van der Waals surface area contributed by atoms with E-state index in [-0.39, 0.29) is 36.6 Å². The quantitative estimate of drug-likeness (QED) is 0.452. The van der Waals surface area contributed by atoms with E-state index >= 15 is 0 Å². The van der Waals surface area contributed by atoms with Crippen LogP contribution in [0.15, 0.2) is 41.2 Å². The molecule has 2 aromatic carbocycles. The number of hydrogen-bond acceptors (Lipinski definition) is 5. The van der Waals surface area contributed by atoms with Crippen molar-refractivity contribution < 1.29 is 31.5 Å². The molecule has 1 atom stereocenters. The summed E-state index contributed by atoms with van der Waals surface area (Å²) in [6.07, 6.45) is -5.23. The van der Waals surface area contributed by atoms with Gasteiger partial charge in [0.25, 0.3) is 17.4 Å². The van der Waals surface area contributed by atoms with Gasteiger partial charge in [-0.2, -0.15) is 13.2 Å². The first-order valence-electron chi connectivity index (χ1n) is 12.3. The first-order chi connectivity index (χ1) is 18.7. The topological polar surface area (TPSA) is 96.3 Å². The number of carbonyl (C=O) groups excluding carboxylic acids is 2. The number of nitrogens with zero attached hydrogens (tertiary/aromatic N) is 3. The van der Waals surface area contributed by atoms with Crippen LogP contribution in [-0.2, 0) is 19.1 Å². The fourth-order valence-electron chi connectivity index (χ4n) is 4.56. The highest BCUT2D eigenvalue weighted by molar-refractivity contribution is 5.95. The SMILES string of the molecule is CNC(=O)c1ccc(-n2c(NC(C)C)nc3c(c2=O)C[C@@H](C)N(C(=O)c2cc(F)c(C(F)(F)F)c(F)c2)C3)cc1. The number of aromatic nitrogens is 2. The number of amides is 2. The number of fused-ring (bicyclic) bond motifs is 1. The van der Waals surface area contributed by atoms with Gasteiger partial charge < -0.3 is 15.5 Å². The Morgan fingerprint density at radius 2 is 1.65 bits per heavy atom. The van der Waals surface area contributed by atoms with Gasteiger partial charge in [0.1, 0.15) is 17.2 Å². The van der Waals surface area contributed by atoms with Crippen LogP contribution in [0.4, 0.5) is 27.9 Å². The van der Waals surface area contributed by atoms with Crippen molar-refractivity contribution in [3.63, 3.8) is 0 Å². The average Bonchev–Trinajstić information content (AvgIpc) is 2.86. The maximum absolute atomic E-state index is 14.2. The molecule has 1 aromatic heterocycles. The lowest BCUT2D eigenvalue weighted by Gasteiger charge is -2.35. The van der Waals surface area contributed by atoms with E-state index in [0.717, 1.165) is 0 Å². The van der Waals surface area contributed by atoms with Crippen LogP contribution in [0, 0.1) is 11.6 Å². The Balaban J connectivity index is 1.75. The van der Waals surface area contributed by atoms with Crippen LogP contribution in [-0.4, -0.2) is 45.4 Å². The minimum absolute atomic E-state index is 0.0385. The summed E-state index contributed by atoms with van der Waals surface area (Å²) in [5.41, 5.74) is -1.69. The number of carbonyl (C=O) groups is 2. The average molecular weight is 564 g/mol. The molecule has 2 amide bonds. The molecule has 0 unspecified atom stereocenters. The van der Waals surface area contributed by atoms with Gasteiger partial charge in [0, 0.05) is 35.8 Å². The molecule has 0 saturated carbocycles. The van der Waals surface area contributed by atoms with E-state index in [1.54, 1.807) is 31.2 Å². The van der Waals surface area contributed by atoms with Gasteiger partial charge in [0.2, 0.25) is 5.95 Å². The minimum Gasteiger partial charge on any atom is -0.355 e. The predicted molar refractivity (Wildman–Crippen MR) is 136 cm³/mol. The van der Waals surface area contributed by atoms with E-state index in [2.05, 4.69) is 15.6 Å². The Hall–Kier alpha value is -4.29. The number of hydrogen-bond donors (Lipinski definition) is 2. The van der Waals surface area contributed by atoms with E-state index in [9.17, 15) is 36.3 Å². The first-order valence-corrected chi connectivity index (χ1v) is 12.3. The van der Waals surface area contributed by atoms with Crippen molar-refractivity contribution >= 4 is 17.8 Å². The van der Waals surface area contributed by atoms with Crippen molar-refractivity contribution in [2.75, 3.05) is 12.4 Å². The zero-order valence-corrected chi connectivity index (χ0v) is 22.0. The lowest BCUT2D eigenvalue weighted by molar-refractivity contribution is -0.142. The van der Waals surface area contributed by atoms with Crippen LogP contribution >= 0.6 is 0 Å². The summed E-state index contributed by atoms with van der Waals surface area (Å²) in [5, 5.41) is 5.62. The van der Waals surface area contributed by atoms with Crippen LogP contribution in [0.5, 0.6) is 0 Å². The highest BCUT2D eigenvalue weighted by Crippen LogP contribution is 2.34. The molecule has 2 N–H and O–H groups in total. The number of nitrogens with one attached hydrogen (secondary N) is 2. The standard InChI is InChI=1S/C27H26F5N5O3/c1-13(2)34-26-35-21-12-36(24(39)16-10-19(28)22(20(29)11-16)27(30,31)32)14(3)9-18(21)25(40)37(26)17-7-5-15(6-8-17)23(38)33-4/h5-8,10-11,13-14H,9,12H2,1-4H3,(H,33,38)(H,34,35)/t14-/m1/s1. The second-order valence-corrected chi connectivity index (χ2v) is 9.73. The molecule has 3 aromatic rings. The van der Waals surface area contributed by atoms with E-state index in [1.807, 2.05) is 13.8 Å². The van der Waals surface area contributed by atoms with Crippen LogP contribution in [0.2, 0.25) is 0 Å². The molecule has 2 heterocycles. The molecule has 0 saturated heterocycles. The van der Waals surface area contributed by atoms with Crippen LogP contribution in [0.1, 0.15) is 58.3 Å². The molecule has 0 bridgehead atoms. The van der Waals surface area contributed by atoms with E-state index in [1.165, 1.54) is 16.5 Å². The lowest BCUT2D eigenvalue weighted by Crippen LogP contribution is -2.46. The van der Waals surface area contributed by atoms with Gasteiger partial charge in [-0.3, -0.25) is 14.4 Å². The smallest absolute Gasteiger partial charge is 0.355 e. The van der Waals surface area contributed by atoms with Crippen molar-refractivity contribution in [2.24, 2.45) is 0 Å². The summed E-state index contributed by atoms with van der Waals surface area (Å²) >= 11 is 0. The Morgan fingerprint density at radius 3 is 2.17 bits per heavy atom. The Bertz CT molecular complexity index is 1510. The van der Waals surface area contributed by atoms with Crippen molar-refractivity contribution in [2.45, 2.75) is 52.0 Å². The number of benzene rings is 2. The first kappa shape index (κ1) is 28.7. The maximum atomic E-state index is 14.2. The number of rotatable bonds is 5. The summed E-state index contributed by atoms with van der Waals surface area (Å²) in [5.74, 6) is -4.83. The van der Waals surface area contributed by atoms with E-state index in [0.29, 0.717) is 28.9 Å². The molecule has 40 heavy (non-hydrogen) atoms. The second-order valence-electron chi connectivity index (χ2n) is 9.73. The summed E-state index contributed by atoms with van der Waals surface area (Å²) in [6, 6.07) is 6.24. The second kappa shape index (κ2) is 10.7. The van der Waals surface area contributed by atoms with Crippen LogP contribution < -0.4 is 16.2 Å². The molecule has 0 aliphatic carbocycles. The Morgan fingerprint density at radius 1 is 1.05 bits per heavy atom. The van der Waals surface area contributed by atoms with Gasteiger partial charge in [0.15, 0.2) is 0 Å². The molecule has 8 nitrogen and oxygen atoms in total. The number of anilines is 1. The highest BCUT2D eigenvalue weighted by Gasteiger charge is 2.39. The predicted octanol–water partition coefficient (Wildman–Crippen LogP) is 4.30. The molecule has 1 aliphatic heterocycles. The zero-order valence-electron chi connectivity index (χ0n) is 22.0. The molecular weight excluding hydrogens is 537 g/mol. The molecule has 4 rings (SSSR count). The third-order valence-electron chi connectivity index (χ3n) is 6.48. The fourth-order valence-corrected chi connectivity index (χ4v) is 4.56. The van der Waals surface area contributed by atoms with Gasteiger partial charge in [-0.1, -0.05) is 0 Å². The lowest BCUT2D eigenvalue weighted by atomic mass is 9.98. The Kier molecular flexibility index (Phi) is 7.68. The summed E-state index contributed by atoms with van der Waals surface area (Å²) in [7, 11) is 1.50. The van der Waals surface area contributed by atoms with Crippen molar-refractivity contribution in [1.82, 2.24) is 19.8 Å². The summed E-state index contributed by atoms with van der Waals surface area (Å²) in [4.78, 5) is 44.6. The molecule has 13 heteroatoms. The van der Waals surface area contributed by atoms with Gasteiger partial charge >= 0.3 is 6.18 Å². The number of halogens is 5. The normalized spacial score (nSPS) is 15.2. The van der Waals surface area contributed by atoms with E-state index in [4.69, 9.17) is 0 Å². The molecule has 212 valence electrons. The maximum Gasteiger partial charge on any atom is 0.422 e. The molecule has 0 fully saturated rings.